The molecule has 3 aliphatic rings. The van der Waals surface area contributed by atoms with Gasteiger partial charge in [0.05, 0.1) is 18.8 Å². The lowest BCUT2D eigenvalue weighted by molar-refractivity contribution is -0.865. The minimum absolute atomic E-state index is 0.641. The van der Waals surface area contributed by atoms with Gasteiger partial charge >= 0.3 is 0 Å². The second-order valence-electron chi connectivity index (χ2n) is 8.94. The van der Waals surface area contributed by atoms with E-state index in [1.54, 1.807) is 0 Å². The molecule has 1 atom stereocenters. The van der Waals surface area contributed by atoms with Crippen LogP contribution in [-0.2, 0) is 11.2 Å². The van der Waals surface area contributed by atoms with Crippen LogP contribution in [0, 0.1) is 0 Å². The third kappa shape index (κ3) is 4.16. The van der Waals surface area contributed by atoms with E-state index in [0.717, 1.165) is 70.2 Å². The summed E-state index contributed by atoms with van der Waals surface area (Å²) in [6.07, 6.45) is 2.98. The Labute approximate surface area is 195 Å². The van der Waals surface area contributed by atoms with Gasteiger partial charge in [0.1, 0.15) is 18.8 Å². The lowest BCUT2D eigenvalue weighted by atomic mass is 10.0. The number of nitrogens with zero attached hydrogens (tertiary/aromatic N) is 3. The lowest BCUT2D eigenvalue weighted by Crippen LogP contribution is -2.44. The van der Waals surface area contributed by atoms with Crippen LogP contribution in [0.2, 0.25) is 5.02 Å². The summed E-state index contributed by atoms with van der Waals surface area (Å²) in [5.74, 6) is 0. The zero-order valence-corrected chi connectivity index (χ0v) is 19.4. The van der Waals surface area contributed by atoms with Crippen molar-refractivity contribution in [2.45, 2.75) is 19.3 Å². The third-order valence-electron chi connectivity index (χ3n) is 6.87. The predicted molar refractivity (Wildman–Crippen MR) is 131 cm³/mol. The van der Waals surface area contributed by atoms with Gasteiger partial charge in [-0.3, -0.25) is 4.90 Å². The van der Waals surface area contributed by atoms with Gasteiger partial charge in [-0.15, -0.1) is 0 Å². The first-order valence-electron chi connectivity index (χ1n) is 11.8. The second-order valence-corrected chi connectivity index (χ2v) is 9.37. The van der Waals surface area contributed by atoms with E-state index >= 15 is 0 Å². The van der Waals surface area contributed by atoms with Gasteiger partial charge in [-0.25, -0.2) is 0 Å². The summed E-state index contributed by atoms with van der Waals surface area (Å²) in [5, 5.41) is 6.24. The minimum Gasteiger partial charge on any atom is -0.379 e. The Balaban J connectivity index is 1.52. The maximum absolute atomic E-state index is 6.24. The fourth-order valence-corrected chi connectivity index (χ4v) is 5.46. The number of nitrogens with two attached hydrogens (primary N) is 1. The molecule has 5 rings (SSSR count). The quantitative estimate of drug-likeness (QED) is 0.619. The molecule has 32 heavy (non-hydrogen) atoms. The summed E-state index contributed by atoms with van der Waals surface area (Å²) in [6, 6.07) is 17.0. The van der Waals surface area contributed by atoms with E-state index in [9.17, 15) is 0 Å². The third-order valence-corrected chi connectivity index (χ3v) is 7.13. The van der Waals surface area contributed by atoms with Crippen molar-refractivity contribution in [2.24, 2.45) is 10.8 Å². The van der Waals surface area contributed by atoms with Crippen molar-refractivity contribution >= 4 is 23.0 Å². The van der Waals surface area contributed by atoms with Crippen LogP contribution in [0.4, 0.5) is 0 Å². The molecule has 0 aromatic heterocycles. The zero-order chi connectivity index (χ0) is 22.0. The summed E-state index contributed by atoms with van der Waals surface area (Å²) >= 11 is 6.24. The Morgan fingerprint density at radius 1 is 1.00 bits per heavy atom. The number of quaternary nitrogens is 1. The van der Waals surface area contributed by atoms with Gasteiger partial charge in [0.2, 0.25) is 0 Å². The van der Waals surface area contributed by atoms with Crippen LogP contribution in [0.1, 0.15) is 29.5 Å². The number of morpholine rings is 1. The topological polar surface area (TPSA) is 50.8 Å². The molecular formula is C26H32ClN4O+. The number of fused-ring (bicyclic) bond motifs is 3. The van der Waals surface area contributed by atoms with Crippen LogP contribution < -0.4 is 5.73 Å². The SMILES string of the molecule is NCCC[N+]1(CCCN2CCOCC2)N=C2C(=C1c1ccc(Cl)cc1)Cc1ccccc12. The van der Waals surface area contributed by atoms with Crippen LogP contribution in [0.5, 0.6) is 0 Å². The molecule has 0 bridgehead atoms. The van der Waals surface area contributed by atoms with Crippen molar-refractivity contribution in [2.75, 3.05) is 52.5 Å². The molecule has 0 amide bonds. The Kier molecular flexibility index (Phi) is 6.44. The van der Waals surface area contributed by atoms with Crippen LogP contribution in [-0.4, -0.2) is 67.7 Å². The van der Waals surface area contributed by atoms with Gasteiger partial charge < -0.3 is 10.5 Å². The van der Waals surface area contributed by atoms with E-state index in [2.05, 4.69) is 41.3 Å². The second kappa shape index (κ2) is 9.46. The molecule has 1 aliphatic carbocycles. The molecule has 5 nitrogen and oxygen atoms in total. The first-order valence-corrected chi connectivity index (χ1v) is 12.1. The smallest absolute Gasteiger partial charge is 0.172 e. The minimum atomic E-state index is 0.641. The summed E-state index contributed by atoms with van der Waals surface area (Å²) in [6.45, 7) is 7.38. The number of hydrogen-bond acceptors (Lipinski definition) is 4. The molecule has 0 saturated carbocycles. The molecule has 2 heterocycles. The normalized spacial score (nSPS) is 22.8. The fourth-order valence-electron chi connectivity index (χ4n) is 5.34. The van der Waals surface area contributed by atoms with Crippen LogP contribution in [0.25, 0.3) is 5.70 Å². The summed E-state index contributed by atoms with van der Waals surface area (Å²) < 4.78 is 6.16. The van der Waals surface area contributed by atoms with E-state index in [1.807, 2.05) is 12.1 Å². The van der Waals surface area contributed by atoms with Crippen molar-refractivity contribution in [1.29, 1.82) is 0 Å². The lowest BCUT2D eigenvalue weighted by Gasteiger charge is -2.33. The summed E-state index contributed by atoms with van der Waals surface area (Å²) in [7, 11) is 0. The van der Waals surface area contributed by atoms with Crippen molar-refractivity contribution < 1.29 is 9.33 Å². The van der Waals surface area contributed by atoms with Gasteiger partial charge in [-0.1, -0.05) is 41.0 Å². The van der Waals surface area contributed by atoms with Gasteiger partial charge in [-0.2, -0.15) is 4.59 Å². The Morgan fingerprint density at radius 2 is 1.75 bits per heavy atom. The average Bonchev–Trinajstić information content (AvgIpc) is 3.32. The number of ether oxygens (including phenoxy) is 1. The number of benzene rings is 2. The standard InChI is InChI=1S/C26H32ClN4O/c27-22-9-7-20(8-10-22)26-24-19-21-5-1-2-6-23(21)25(24)29-31(26,15-3-11-28)16-4-12-30-13-17-32-18-14-30/h1-2,5-10H,3-4,11-19,28H2/q+1. The van der Waals surface area contributed by atoms with E-state index in [-0.39, 0.29) is 0 Å². The van der Waals surface area contributed by atoms with Crippen molar-refractivity contribution in [1.82, 2.24) is 4.90 Å². The predicted octanol–water partition coefficient (Wildman–Crippen LogP) is 3.91. The van der Waals surface area contributed by atoms with Crippen LogP contribution in [0.15, 0.2) is 59.2 Å². The van der Waals surface area contributed by atoms with E-state index in [0.29, 0.717) is 11.1 Å². The number of halogens is 1. The van der Waals surface area contributed by atoms with E-state index < -0.39 is 0 Å². The van der Waals surface area contributed by atoms with Gasteiger partial charge in [-0.05, 0) is 36.4 Å². The number of allylic oxidation sites excluding steroid dienone is 1. The van der Waals surface area contributed by atoms with Crippen LogP contribution >= 0.6 is 11.6 Å². The maximum atomic E-state index is 6.24. The van der Waals surface area contributed by atoms with Crippen molar-refractivity contribution in [3.05, 3.63) is 75.8 Å². The molecule has 2 aromatic carbocycles. The van der Waals surface area contributed by atoms with Gasteiger partial charge in [0, 0.05) is 55.0 Å². The first-order chi connectivity index (χ1) is 15.7. The summed E-state index contributed by atoms with van der Waals surface area (Å²) in [4.78, 5) is 2.51. The summed E-state index contributed by atoms with van der Waals surface area (Å²) in [5.41, 5.74) is 13.8. The van der Waals surface area contributed by atoms with Gasteiger partial charge in [0.25, 0.3) is 0 Å². The van der Waals surface area contributed by atoms with Crippen molar-refractivity contribution in [3.8, 4) is 0 Å². The highest BCUT2D eigenvalue weighted by molar-refractivity contribution is 6.30. The highest BCUT2D eigenvalue weighted by Crippen LogP contribution is 2.44. The molecule has 6 heteroatoms. The molecule has 2 N–H and O–H groups in total. The highest BCUT2D eigenvalue weighted by atomic mass is 35.5. The number of hydrogen-bond donors (Lipinski definition) is 1. The molecule has 1 fully saturated rings. The van der Waals surface area contributed by atoms with E-state index in [1.165, 1.54) is 33.7 Å². The van der Waals surface area contributed by atoms with Crippen LogP contribution in [0.3, 0.4) is 0 Å². The molecular weight excluding hydrogens is 420 g/mol. The molecule has 2 aromatic rings. The largest absolute Gasteiger partial charge is 0.379 e. The Morgan fingerprint density at radius 3 is 2.53 bits per heavy atom. The average molecular weight is 452 g/mol. The fraction of sp³-hybridized carbons (Fsp3) is 0.423. The monoisotopic (exact) mass is 451 g/mol. The Bertz CT molecular complexity index is 1030. The molecule has 1 saturated heterocycles. The van der Waals surface area contributed by atoms with E-state index in [4.69, 9.17) is 27.2 Å². The zero-order valence-electron chi connectivity index (χ0n) is 18.6. The number of rotatable bonds is 8. The van der Waals surface area contributed by atoms with Gasteiger partial charge in [0.15, 0.2) is 5.70 Å². The highest BCUT2D eigenvalue weighted by Gasteiger charge is 2.46. The van der Waals surface area contributed by atoms with Crippen molar-refractivity contribution in [3.63, 3.8) is 0 Å². The molecule has 1 unspecified atom stereocenters. The molecule has 2 aliphatic heterocycles. The molecule has 0 spiro atoms. The maximum Gasteiger partial charge on any atom is 0.172 e. The Hall–Kier alpha value is -2.02. The molecule has 0 radical (unpaired) electrons. The molecule has 168 valence electrons. The first kappa shape index (κ1) is 21.8.